The van der Waals surface area contributed by atoms with Crippen molar-refractivity contribution in [2.75, 3.05) is 0 Å². The van der Waals surface area contributed by atoms with Crippen LogP contribution in [0, 0.1) is 20.8 Å². The van der Waals surface area contributed by atoms with Crippen molar-refractivity contribution in [2.45, 2.75) is 20.8 Å². The zero-order chi connectivity index (χ0) is 21.3. The number of carboxylic acid groups (broad SMARTS) is 2. The van der Waals surface area contributed by atoms with E-state index in [1.165, 1.54) is 18.2 Å². The first kappa shape index (κ1) is 19.9. The molecule has 0 aliphatic carbocycles. The number of carboxylic acids is 2. The van der Waals surface area contributed by atoms with E-state index in [2.05, 4.69) is 4.99 Å². The summed E-state index contributed by atoms with van der Waals surface area (Å²) in [5, 5.41) is 27.9. The van der Waals surface area contributed by atoms with Crippen molar-refractivity contribution in [3.63, 3.8) is 0 Å². The molecule has 0 saturated heterocycles. The maximum Gasteiger partial charge on any atom is 0.339 e. The monoisotopic (exact) mass is 392 g/mol. The molecule has 3 N–H and O–H groups in total. The SMILES string of the molecule is Cc1cc(C(=O)O)ccc1-n1c(C)cc(C=Nc2ccc(O)c(C(=O)O)c2)c1C. The highest BCUT2D eigenvalue weighted by Gasteiger charge is 2.14. The van der Waals surface area contributed by atoms with E-state index in [4.69, 9.17) is 10.2 Å². The molecule has 7 heteroatoms. The minimum atomic E-state index is -1.22. The first-order valence-corrected chi connectivity index (χ1v) is 8.82. The summed E-state index contributed by atoms with van der Waals surface area (Å²) in [5.41, 5.74) is 4.85. The summed E-state index contributed by atoms with van der Waals surface area (Å²) in [4.78, 5) is 26.7. The number of benzene rings is 2. The molecule has 2 aromatic carbocycles. The Morgan fingerprint density at radius 1 is 0.966 bits per heavy atom. The highest BCUT2D eigenvalue weighted by Crippen LogP contribution is 2.26. The number of hydrogen-bond donors (Lipinski definition) is 3. The number of nitrogens with zero attached hydrogens (tertiary/aromatic N) is 2. The normalized spacial score (nSPS) is 11.1. The number of carbonyl (C=O) groups is 2. The van der Waals surface area contributed by atoms with Crippen LogP contribution in [0.1, 0.15) is 43.2 Å². The van der Waals surface area contributed by atoms with Gasteiger partial charge in [0.1, 0.15) is 11.3 Å². The lowest BCUT2D eigenvalue weighted by Crippen LogP contribution is -2.04. The molecule has 0 saturated carbocycles. The fourth-order valence-electron chi connectivity index (χ4n) is 3.25. The second-order valence-corrected chi connectivity index (χ2v) is 6.73. The molecule has 0 bridgehead atoms. The van der Waals surface area contributed by atoms with Crippen LogP contribution in [0.5, 0.6) is 5.75 Å². The second kappa shape index (κ2) is 7.63. The van der Waals surface area contributed by atoms with Gasteiger partial charge in [0.15, 0.2) is 0 Å². The summed E-state index contributed by atoms with van der Waals surface area (Å²) in [6, 6.07) is 11.1. The van der Waals surface area contributed by atoms with Crippen LogP contribution in [0.2, 0.25) is 0 Å². The largest absolute Gasteiger partial charge is 0.507 e. The Morgan fingerprint density at radius 2 is 1.69 bits per heavy atom. The molecule has 29 heavy (non-hydrogen) atoms. The first-order valence-electron chi connectivity index (χ1n) is 8.82. The van der Waals surface area contributed by atoms with Gasteiger partial charge in [-0.3, -0.25) is 4.99 Å². The van der Waals surface area contributed by atoms with Crippen molar-refractivity contribution in [2.24, 2.45) is 4.99 Å². The van der Waals surface area contributed by atoms with Crippen molar-refractivity contribution in [1.82, 2.24) is 4.57 Å². The van der Waals surface area contributed by atoms with Gasteiger partial charge in [-0.1, -0.05) is 0 Å². The standard InChI is InChI=1S/C22H20N2O5/c1-12-8-15(21(26)27)4-6-19(12)24-13(2)9-16(14(24)3)11-23-17-5-7-20(25)18(10-17)22(28)29/h4-11,25H,1-3H3,(H,26,27)(H,28,29). The Bertz CT molecular complexity index is 1160. The number of aromatic nitrogens is 1. The van der Waals surface area contributed by atoms with Gasteiger partial charge in [-0.25, -0.2) is 9.59 Å². The number of aromatic hydroxyl groups is 1. The summed E-state index contributed by atoms with van der Waals surface area (Å²) in [6.45, 7) is 5.73. The molecule has 148 valence electrons. The molecule has 0 spiro atoms. The molecule has 0 radical (unpaired) electrons. The lowest BCUT2D eigenvalue weighted by molar-refractivity contribution is 0.0684. The highest BCUT2D eigenvalue weighted by atomic mass is 16.4. The van der Waals surface area contributed by atoms with Gasteiger partial charge < -0.3 is 19.9 Å². The zero-order valence-corrected chi connectivity index (χ0v) is 16.2. The Labute approximate surface area is 167 Å². The minimum absolute atomic E-state index is 0.209. The zero-order valence-electron chi connectivity index (χ0n) is 16.2. The molecule has 0 aliphatic rings. The Morgan fingerprint density at radius 3 is 2.31 bits per heavy atom. The Hall–Kier alpha value is -3.87. The molecule has 7 nitrogen and oxygen atoms in total. The molecule has 0 atom stereocenters. The van der Waals surface area contributed by atoms with Gasteiger partial charge in [-0.15, -0.1) is 0 Å². The van der Waals surface area contributed by atoms with E-state index in [0.717, 1.165) is 28.2 Å². The fourth-order valence-corrected chi connectivity index (χ4v) is 3.25. The van der Waals surface area contributed by atoms with Crippen LogP contribution in [0.25, 0.3) is 5.69 Å². The maximum atomic E-state index is 11.2. The summed E-state index contributed by atoms with van der Waals surface area (Å²) >= 11 is 0. The Balaban J connectivity index is 1.99. The average Bonchev–Trinajstić information content (AvgIpc) is 2.94. The van der Waals surface area contributed by atoms with E-state index in [1.807, 2.05) is 31.4 Å². The van der Waals surface area contributed by atoms with Crippen LogP contribution in [-0.4, -0.2) is 38.0 Å². The van der Waals surface area contributed by atoms with Crippen molar-refractivity contribution < 1.29 is 24.9 Å². The van der Waals surface area contributed by atoms with E-state index in [9.17, 15) is 14.7 Å². The molecule has 0 aliphatic heterocycles. The van der Waals surface area contributed by atoms with E-state index in [-0.39, 0.29) is 16.9 Å². The predicted molar refractivity (Wildman–Crippen MR) is 109 cm³/mol. The van der Waals surface area contributed by atoms with Crippen LogP contribution in [0.3, 0.4) is 0 Å². The van der Waals surface area contributed by atoms with Crippen molar-refractivity contribution >= 4 is 23.8 Å². The van der Waals surface area contributed by atoms with Gasteiger partial charge in [0.2, 0.25) is 0 Å². The van der Waals surface area contributed by atoms with Gasteiger partial charge in [0.05, 0.1) is 11.3 Å². The maximum absolute atomic E-state index is 11.2. The summed E-state index contributed by atoms with van der Waals surface area (Å²) < 4.78 is 2.02. The van der Waals surface area contributed by atoms with Crippen LogP contribution in [0.15, 0.2) is 47.5 Å². The van der Waals surface area contributed by atoms with Gasteiger partial charge in [0, 0.05) is 28.9 Å². The number of phenols is 1. The molecule has 0 fully saturated rings. The quantitative estimate of drug-likeness (QED) is 0.562. The number of aromatic carboxylic acids is 2. The lowest BCUT2D eigenvalue weighted by atomic mass is 10.1. The third kappa shape index (κ3) is 3.89. The third-order valence-corrected chi connectivity index (χ3v) is 4.72. The number of aliphatic imine (C=N–C) groups is 1. The number of rotatable bonds is 5. The Kier molecular flexibility index (Phi) is 5.23. The predicted octanol–water partition coefficient (Wildman–Crippen LogP) is 4.26. The molecule has 1 aromatic heterocycles. The highest BCUT2D eigenvalue weighted by molar-refractivity contribution is 5.92. The third-order valence-electron chi connectivity index (χ3n) is 4.72. The smallest absolute Gasteiger partial charge is 0.339 e. The number of aryl methyl sites for hydroxylation is 2. The van der Waals surface area contributed by atoms with E-state index < -0.39 is 11.9 Å². The summed E-state index contributed by atoms with van der Waals surface area (Å²) in [7, 11) is 0. The average molecular weight is 392 g/mol. The summed E-state index contributed by atoms with van der Waals surface area (Å²) in [5.74, 6) is -2.50. The molecular weight excluding hydrogens is 372 g/mol. The van der Waals surface area contributed by atoms with E-state index >= 15 is 0 Å². The fraction of sp³-hybridized carbons (Fsp3) is 0.136. The molecule has 1 heterocycles. The topological polar surface area (TPSA) is 112 Å². The van der Waals surface area contributed by atoms with E-state index in [1.54, 1.807) is 24.4 Å². The van der Waals surface area contributed by atoms with Crippen molar-refractivity contribution in [1.29, 1.82) is 0 Å². The molecular formula is C22H20N2O5. The van der Waals surface area contributed by atoms with Gasteiger partial charge in [-0.2, -0.15) is 0 Å². The van der Waals surface area contributed by atoms with Gasteiger partial charge in [0.25, 0.3) is 0 Å². The molecule has 3 rings (SSSR count). The van der Waals surface area contributed by atoms with Crippen LogP contribution >= 0.6 is 0 Å². The first-order chi connectivity index (χ1) is 13.7. The minimum Gasteiger partial charge on any atom is -0.507 e. The van der Waals surface area contributed by atoms with Crippen molar-refractivity contribution in [3.05, 3.63) is 76.1 Å². The van der Waals surface area contributed by atoms with Crippen LogP contribution in [-0.2, 0) is 0 Å². The van der Waals surface area contributed by atoms with E-state index in [0.29, 0.717) is 5.69 Å². The van der Waals surface area contributed by atoms with Gasteiger partial charge in [-0.05, 0) is 68.8 Å². The van der Waals surface area contributed by atoms with Gasteiger partial charge >= 0.3 is 11.9 Å². The molecule has 0 amide bonds. The summed E-state index contributed by atoms with van der Waals surface area (Å²) in [6.07, 6.45) is 1.64. The van der Waals surface area contributed by atoms with Crippen LogP contribution < -0.4 is 0 Å². The van der Waals surface area contributed by atoms with Crippen molar-refractivity contribution in [3.8, 4) is 11.4 Å². The second-order valence-electron chi connectivity index (χ2n) is 6.73. The lowest BCUT2D eigenvalue weighted by Gasteiger charge is -2.13. The molecule has 3 aromatic rings. The molecule has 0 unspecified atom stereocenters. The van der Waals surface area contributed by atoms with Crippen LogP contribution in [0.4, 0.5) is 5.69 Å². The number of hydrogen-bond acceptors (Lipinski definition) is 4.